The number of hydrogen-bond acceptors (Lipinski definition) is 5. The van der Waals surface area contributed by atoms with Crippen LogP contribution in [0, 0.1) is 0 Å². The third-order valence-corrected chi connectivity index (χ3v) is 4.61. The van der Waals surface area contributed by atoms with E-state index in [0.717, 1.165) is 24.4 Å². The summed E-state index contributed by atoms with van der Waals surface area (Å²) in [5, 5.41) is 8.73. The third kappa shape index (κ3) is 7.38. The Balaban J connectivity index is 1.72. The Hall–Kier alpha value is -2.28. The number of aliphatic carboxylic acids is 1. The van der Waals surface area contributed by atoms with Gasteiger partial charge in [0.1, 0.15) is 18.0 Å². The van der Waals surface area contributed by atoms with Gasteiger partial charge in [-0.2, -0.15) is 0 Å². The second-order valence-corrected chi connectivity index (χ2v) is 8.20. The Kier molecular flexibility index (Phi) is 7.69. The Morgan fingerprint density at radius 3 is 2.43 bits per heavy atom. The number of nitrogens with zero attached hydrogens (tertiary/aromatic N) is 2. The molecule has 1 aliphatic heterocycles. The van der Waals surface area contributed by atoms with Crippen LogP contribution in [0.1, 0.15) is 39.7 Å². The Labute approximate surface area is 167 Å². The van der Waals surface area contributed by atoms with E-state index in [9.17, 15) is 9.59 Å². The maximum Gasteiger partial charge on any atom is 0.410 e. The zero-order valence-corrected chi connectivity index (χ0v) is 17.3. The lowest BCUT2D eigenvalue weighted by molar-refractivity contribution is -0.136. The number of ether oxygens (including phenoxy) is 2. The van der Waals surface area contributed by atoms with Crippen LogP contribution in [-0.4, -0.2) is 71.4 Å². The molecule has 2 rings (SSSR count). The first-order chi connectivity index (χ1) is 13.1. The number of aryl methyl sites for hydroxylation is 1. The van der Waals surface area contributed by atoms with Crippen LogP contribution < -0.4 is 4.74 Å². The van der Waals surface area contributed by atoms with E-state index < -0.39 is 11.6 Å². The molecular formula is C21H32N2O5. The van der Waals surface area contributed by atoms with Crippen LogP contribution >= 0.6 is 0 Å². The van der Waals surface area contributed by atoms with Gasteiger partial charge >= 0.3 is 12.1 Å². The van der Waals surface area contributed by atoms with Crippen LogP contribution in [-0.2, 0) is 16.0 Å². The molecule has 0 aromatic heterocycles. The number of carboxylic acids is 1. The van der Waals surface area contributed by atoms with Crippen molar-refractivity contribution in [2.45, 2.75) is 52.2 Å². The first-order valence-electron chi connectivity index (χ1n) is 9.79. The van der Waals surface area contributed by atoms with Crippen LogP contribution in [0.4, 0.5) is 4.79 Å². The molecule has 1 aliphatic rings. The molecule has 1 saturated heterocycles. The summed E-state index contributed by atoms with van der Waals surface area (Å²) in [6.45, 7) is 11.2. The quantitative estimate of drug-likeness (QED) is 0.768. The molecule has 156 valence electrons. The summed E-state index contributed by atoms with van der Waals surface area (Å²) < 4.78 is 11.3. The molecule has 1 atom stereocenters. The number of hydrogen-bond donors (Lipinski definition) is 1. The number of carbonyl (C=O) groups is 2. The number of amides is 1. The molecule has 1 amide bonds. The monoisotopic (exact) mass is 392 g/mol. The van der Waals surface area contributed by atoms with Crippen molar-refractivity contribution in [3.63, 3.8) is 0 Å². The van der Waals surface area contributed by atoms with Gasteiger partial charge in [-0.25, -0.2) is 4.79 Å². The topological polar surface area (TPSA) is 79.3 Å². The molecule has 0 spiro atoms. The number of rotatable bonds is 7. The first-order valence-corrected chi connectivity index (χ1v) is 9.79. The SMILES string of the molecule is C[C@H]1CN(C(=O)OC(C)(C)C)CCN1CCOc1ccc(CCC(=O)O)cc1. The van der Waals surface area contributed by atoms with Gasteiger partial charge in [0, 0.05) is 38.6 Å². The van der Waals surface area contributed by atoms with Gasteiger partial charge in [0.05, 0.1) is 0 Å². The van der Waals surface area contributed by atoms with Crippen LogP contribution in [0.25, 0.3) is 0 Å². The average molecular weight is 392 g/mol. The molecule has 0 radical (unpaired) electrons. The molecule has 7 heteroatoms. The van der Waals surface area contributed by atoms with Gasteiger partial charge in [0.25, 0.3) is 0 Å². The first kappa shape index (κ1) is 22.0. The average Bonchev–Trinajstić information content (AvgIpc) is 2.61. The van der Waals surface area contributed by atoms with E-state index in [1.807, 2.05) is 45.0 Å². The summed E-state index contributed by atoms with van der Waals surface area (Å²) in [5.41, 5.74) is 0.510. The maximum absolute atomic E-state index is 12.2. The molecule has 1 heterocycles. The highest BCUT2D eigenvalue weighted by molar-refractivity contribution is 5.68. The van der Waals surface area contributed by atoms with Crippen molar-refractivity contribution >= 4 is 12.1 Å². The van der Waals surface area contributed by atoms with E-state index in [1.165, 1.54) is 0 Å². The molecule has 0 saturated carbocycles. The normalized spacial score (nSPS) is 18.0. The van der Waals surface area contributed by atoms with Crippen molar-refractivity contribution in [2.75, 3.05) is 32.8 Å². The van der Waals surface area contributed by atoms with Crippen LogP contribution in [0.3, 0.4) is 0 Å². The summed E-state index contributed by atoms with van der Waals surface area (Å²) in [4.78, 5) is 26.9. The zero-order valence-electron chi connectivity index (χ0n) is 17.3. The molecule has 1 aromatic rings. The molecular weight excluding hydrogens is 360 g/mol. The summed E-state index contributed by atoms with van der Waals surface area (Å²) in [5.74, 6) is -0.0136. The van der Waals surface area contributed by atoms with Crippen molar-refractivity contribution in [1.82, 2.24) is 9.80 Å². The lowest BCUT2D eigenvalue weighted by Gasteiger charge is -2.40. The second kappa shape index (κ2) is 9.78. The predicted octanol–water partition coefficient (Wildman–Crippen LogP) is 3.02. The summed E-state index contributed by atoms with van der Waals surface area (Å²) >= 11 is 0. The van der Waals surface area contributed by atoms with Gasteiger partial charge in [-0.3, -0.25) is 9.69 Å². The molecule has 0 aliphatic carbocycles. The highest BCUT2D eigenvalue weighted by Gasteiger charge is 2.29. The Bertz CT molecular complexity index is 654. The largest absolute Gasteiger partial charge is 0.492 e. The van der Waals surface area contributed by atoms with E-state index in [-0.39, 0.29) is 18.6 Å². The minimum atomic E-state index is -0.791. The number of piperazine rings is 1. The molecule has 7 nitrogen and oxygen atoms in total. The van der Waals surface area contributed by atoms with Gasteiger partial charge in [0.15, 0.2) is 0 Å². The molecule has 0 bridgehead atoms. The Morgan fingerprint density at radius 1 is 1.18 bits per heavy atom. The highest BCUT2D eigenvalue weighted by atomic mass is 16.6. The molecule has 1 aromatic carbocycles. The van der Waals surface area contributed by atoms with E-state index in [2.05, 4.69) is 11.8 Å². The van der Waals surface area contributed by atoms with Gasteiger partial charge in [-0.1, -0.05) is 12.1 Å². The molecule has 28 heavy (non-hydrogen) atoms. The van der Waals surface area contributed by atoms with E-state index in [4.69, 9.17) is 14.6 Å². The zero-order chi connectivity index (χ0) is 20.7. The summed E-state index contributed by atoms with van der Waals surface area (Å²) in [6, 6.07) is 7.80. The smallest absolute Gasteiger partial charge is 0.410 e. The van der Waals surface area contributed by atoms with Gasteiger partial charge < -0.3 is 19.5 Å². The van der Waals surface area contributed by atoms with E-state index in [0.29, 0.717) is 26.1 Å². The minimum absolute atomic E-state index is 0.132. The molecule has 1 N–H and O–H groups in total. The fraction of sp³-hybridized carbons (Fsp3) is 0.619. The second-order valence-electron chi connectivity index (χ2n) is 8.20. The molecule has 1 fully saturated rings. The van der Waals surface area contributed by atoms with Gasteiger partial charge in [0.2, 0.25) is 0 Å². The number of carbonyl (C=O) groups excluding carboxylic acids is 1. The molecule has 0 unspecified atom stereocenters. The van der Waals surface area contributed by atoms with Crippen molar-refractivity contribution in [3.8, 4) is 5.75 Å². The number of carboxylic acid groups (broad SMARTS) is 1. The van der Waals surface area contributed by atoms with Crippen molar-refractivity contribution < 1.29 is 24.2 Å². The summed E-state index contributed by atoms with van der Waals surface area (Å²) in [6.07, 6.45) is 0.404. The van der Waals surface area contributed by atoms with E-state index in [1.54, 1.807) is 4.90 Å². The highest BCUT2D eigenvalue weighted by Crippen LogP contribution is 2.16. The van der Waals surface area contributed by atoms with Crippen molar-refractivity contribution in [1.29, 1.82) is 0 Å². The van der Waals surface area contributed by atoms with Gasteiger partial charge in [-0.05, 0) is 51.8 Å². The lowest BCUT2D eigenvalue weighted by Crippen LogP contribution is -2.55. The fourth-order valence-electron chi connectivity index (χ4n) is 3.10. The van der Waals surface area contributed by atoms with E-state index >= 15 is 0 Å². The predicted molar refractivity (Wildman–Crippen MR) is 107 cm³/mol. The fourth-order valence-corrected chi connectivity index (χ4v) is 3.10. The lowest BCUT2D eigenvalue weighted by atomic mass is 10.1. The van der Waals surface area contributed by atoms with Crippen LogP contribution in [0.15, 0.2) is 24.3 Å². The minimum Gasteiger partial charge on any atom is -0.492 e. The van der Waals surface area contributed by atoms with Gasteiger partial charge in [-0.15, -0.1) is 0 Å². The van der Waals surface area contributed by atoms with Crippen LogP contribution in [0.5, 0.6) is 5.75 Å². The number of benzene rings is 1. The van der Waals surface area contributed by atoms with Crippen LogP contribution in [0.2, 0.25) is 0 Å². The van der Waals surface area contributed by atoms with Crippen molar-refractivity contribution in [2.24, 2.45) is 0 Å². The Morgan fingerprint density at radius 2 is 1.86 bits per heavy atom. The standard InChI is InChI=1S/C21H32N2O5/c1-16-15-23(20(26)28-21(2,3)4)12-11-22(16)13-14-27-18-8-5-17(6-9-18)7-10-19(24)25/h5-6,8-9,16H,7,10-15H2,1-4H3,(H,24,25)/t16-/m0/s1. The maximum atomic E-state index is 12.2. The third-order valence-electron chi connectivity index (χ3n) is 4.61. The van der Waals surface area contributed by atoms with Crippen molar-refractivity contribution in [3.05, 3.63) is 29.8 Å². The summed E-state index contributed by atoms with van der Waals surface area (Å²) in [7, 11) is 0.